The molecular formula is C26H28N6O3S. The number of rotatable bonds is 3. The zero-order valence-corrected chi connectivity index (χ0v) is 20.9. The molecule has 2 N–H and O–H groups in total. The number of anilines is 1. The number of aromatic amines is 1. The summed E-state index contributed by atoms with van der Waals surface area (Å²) in [6, 6.07) is 6.12. The highest BCUT2D eigenvalue weighted by Gasteiger charge is 2.35. The monoisotopic (exact) mass is 504 g/mol. The zero-order valence-electron chi connectivity index (χ0n) is 20.1. The van der Waals surface area contributed by atoms with E-state index in [1.54, 1.807) is 28.6 Å². The molecule has 10 heteroatoms. The number of hydrogen-bond donors (Lipinski definition) is 2. The molecule has 0 spiro atoms. The fourth-order valence-electron chi connectivity index (χ4n) is 5.28. The average molecular weight is 505 g/mol. The maximum absolute atomic E-state index is 13.4. The number of carbonyl (C=O) groups excluding carboxylic acids is 2. The average Bonchev–Trinajstić information content (AvgIpc) is 3.56. The standard InChI is InChI=1S/C26H28N6O3S/c1-15-2-4-21(17-3-5-22-19(10-17)30-25(36-22)16-6-8-35-9-7-16)32(14-15)26(34)24(33)29-20-13-27-11-18-12-28-31-23(18)20/h3,5,10-13,15-16,21H,2,4,6-9,14H2,1H3,(H,28,31)(H,29,33)/t15-,21+/m0/s1. The van der Waals surface area contributed by atoms with Crippen LogP contribution in [0.3, 0.4) is 0 Å². The summed E-state index contributed by atoms with van der Waals surface area (Å²) in [5.41, 5.74) is 3.07. The molecule has 186 valence electrons. The van der Waals surface area contributed by atoms with Crippen LogP contribution in [0.1, 0.15) is 55.1 Å². The Balaban J connectivity index is 1.25. The minimum atomic E-state index is -0.672. The number of hydrogen-bond acceptors (Lipinski definition) is 7. The first kappa shape index (κ1) is 23.1. The van der Waals surface area contributed by atoms with Gasteiger partial charge in [0, 0.05) is 37.3 Å². The van der Waals surface area contributed by atoms with Gasteiger partial charge in [0.1, 0.15) is 0 Å². The van der Waals surface area contributed by atoms with Crippen molar-refractivity contribution in [3.63, 3.8) is 0 Å². The number of nitrogens with one attached hydrogen (secondary N) is 2. The number of H-pyrrole nitrogens is 1. The first-order valence-corrected chi connectivity index (χ1v) is 13.3. The number of likely N-dealkylation sites (tertiary alicyclic amines) is 1. The third-order valence-electron chi connectivity index (χ3n) is 7.26. The number of amides is 2. The van der Waals surface area contributed by atoms with Crippen molar-refractivity contribution in [1.29, 1.82) is 0 Å². The van der Waals surface area contributed by atoms with Crippen molar-refractivity contribution in [3.8, 4) is 0 Å². The largest absolute Gasteiger partial charge is 0.381 e. The molecule has 1 aromatic carbocycles. The number of thiazole rings is 1. The Labute approximate surface area is 212 Å². The van der Waals surface area contributed by atoms with Crippen molar-refractivity contribution < 1.29 is 14.3 Å². The van der Waals surface area contributed by atoms with Gasteiger partial charge in [-0.3, -0.25) is 19.7 Å². The van der Waals surface area contributed by atoms with Crippen molar-refractivity contribution >= 4 is 50.0 Å². The summed E-state index contributed by atoms with van der Waals surface area (Å²) in [4.78, 5) is 37.3. The van der Waals surface area contributed by atoms with E-state index in [0.717, 1.165) is 65.1 Å². The predicted octanol–water partition coefficient (Wildman–Crippen LogP) is 4.40. The number of pyridine rings is 1. The van der Waals surface area contributed by atoms with Crippen molar-refractivity contribution in [3.05, 3.63) is 47.4 Å². The normalized spacial score (nSPS) is 21.2. The van der Waals surface area contributed by atoms with Crippen LogP contribution < -0.4 is 5.32 Å². The highest BCUT2D eigenvalue weighted by Crippen LogP contribution is 2.38. The Hall–Kier alpha value is -3.37. The van der Waals surface area contributed by atoms with Gasteiger partial charge >= 0.3 is 11.8 Å². The molecule has 2 aliphatic heterocycles. The van der Waals surface area contributed by atoms with E-state index in [9.17, 15) is 9.59 Å². The highest BCUT2D eigenvalue weighted by atomic mass is 32.1. The Morgan fingerprint density at radius 1 is 1.14 bits per heavy atom. The lowest BCUT2D eigenvalue weighted by molar-refractivity contribution is -0.146. The van der Waals surface area contributed by atoms with Crippen molar-refractivity contribution in [2.45, 2.75) is 44.6 Å². The Morgan fingerprint density at radius 2 is 2.00 bits per heavy atom. The van der Waals surface area contributed by atoms with Gasteiger partial charge in [-0.15, -0.1) is 11.3 Å². The van der Waals surface area contributed by atoms with Gasteiger partial charge in [-0.05, 0) is 49.3 Å². The molecule has 2 amide bonds. The number of nitrogens with zero attached hydrogens (tertiary/aromatic N) is 4. The quantitative estimate of drug-likeness (QED) is 0.400. The first-order valence-electron chi connectivity index (χ1n) is 12.4. The van der Waals surface area contributed by atoms with E-state index < -0.39 is 11.8 Å². The second-order valence-corrected chi connectivity index (χ2v) is 10.9. The van der Waals surface area contributed by atoms with Gasteiger partial charge in [0.15, 0.2) is 0 Å². The predicted molar refractivity (Wildman–Crippen MR) is 138 cm³/mol. The first-order chi connectivity index (χ1) is 17.6. The lowest BCUT2D eigenvalue weighted by Gasteiger charge is -2.38. The number of benzene rings is 1. The lowest BCUT2D eigenvalue weighted by atomic mass is 9.89. The minimum absolute atomic E-state index is 0.168. The molecule has 3 aromatic heterocycles. The molecule has 0 saturated carbocycles. The van der Waals surface area contributed by atoms with Crippen molar-refractivity contribution in [2.75, 3.05) is 25.1 Å². The van der Waals surface area contributed by atoms with Crippen LogP contribution in [0, 0.1) is 5.92 Å². The summed E-state index contributed by atoms with van der Waals surface area (Å²) in [5.74, 6) is -0.441. The van der Waals surface area contributed by atoms with E-state index in [4.69, 9.17) is 9.72 Å². The lowest BCUT2D eigenvalue weighted by Crippen LogP contribution is -2.46. The second-order valence-electron chi connectivity index (χ2n) is 9.80. The van der Waals surface area contributed by atoms with Gasteiger partial charge in [-0.2, -0.15) is 5.10 Å². The molecule has 0 radical (unpaired) electrons. The van der Waals surface area contributed by atoms with E-state index in [0.29, 0.717) is 29.6 Å². The second kappa shape index (κ2) is 9.59. The van der Waals surface area contributed by atoms with Crippen LogP contribution in [0.4, 0.5) is 5.69 Å². The maximum atomic E-state index is 13.4. The summed E-state index contributed by atoms with van der Waals surface area (Å²) >= 11 is 1.75. The van der Waals surface area contributed by atoms with E-state index in [2.05, 4.69) is 45.6 Å². The van der Waals surface area contributed by atoms with Gasteiger partial charge < -0.3 is 15.0 Å². The van der Waals surface area contributed by atoms with E-state index in [-0.39, 0.29) is 6.04 Å². The molecular weight excluding hydrogens is 476 g/mol. The minimum Gasteiger partial charge on any atom is -0.381 e. The van der Waals surface area contributed by atoms with Crippen LogP contribution in [0.15, 0.2) is 36.8 Å². The molecule has 9 nitrogen and oxygen atoms in total. The third-order valence-corrected chi connectivity index (χ3v) is 8.46. The third kappa shape index (κ3) is 4.35. The van der Waals surface area contributed by atoms with Crippen LogP contribution in [0.5, 0.6) is 0 Å². The number of carbonyl (C=O) groups is 2. The highest BCUT2D eigenvalue weighted by molar-refractivity contribution is 7.18. The molecule has 0 aliphatic carbocycles. The number of fused-ring (bicyclic) bond motifs is 2. The molecule has 2 atom stereocenters. The molecule has 5 heterocycles. The van der Waals surface area contributed by atoms with Gasteiger partial charge in [0.2, 0.25) is 0 Å². The Kier molecular flexibility index (Phi) is 6.14. The van der Waals surface area contributed by atoms with Crippen molar-refractivity contribution in [1.82, 2.24) is 25.1 Å². The molecule has 36 heavy (non-hydrogen) atoms. The molecule has 0 unspecified atom stereocenters. The topological polar surface area (TPSA) is 113 Å². The summed E-state index contributed by atoms with van der Waals surface area (Å²) in [6.45, 7) is 4.23. The summed E-state index contributed by atoms with van der Waals surface area (Å²) in [6.07, 6.45) is 8.62. The molecule has 2 saturated heterocycles. The summed E-state index contributed by atoms with van der Waals surface area (Å²) in [7, 11) is 0. The van der Waals surface area contributed by atoms with Gasteiger partial charge in [0.05, 0.1) is 44.9 Å². The molecule has 4 aromatic rings. The number of aromatic nitrogens is 4. The fourth-order valence-corrected chi connectivity index (χ4v) is 6.40. The number of piperidine rings is 1. The van der Waals surface area contributed by atoms with Gasteiger partial charge in [0.25, 0.3) is 0 Å². The Bertz CT molecular complexity index is 1430. The van der Waals surface area contributed by atoms with Gasteiger partial charge in [-0.1, -0.05) is 13.0 Å². The molecule has 2 fully saturated rings. The van der Waals surface area contributed by atoms with Crippen LogP contribution in [-0.4, -0.2) is 56.6 Å². The zero-order chi connectivity index (χ0) is 24.6. The molecule has 6 rings (SSSR count). The van der Waals surface area contributed by atoms with E-state index in [1.807, 2.05) is 0 Å². The van der Waals surface area contributed by atoms with Crippen LogP contribution in [0.2, 0.25) is 0 Å². The van der Waals surface area contributed by atoms with Crippen LogP contribution >= 0.6 is 11.3 Å². The fraction of sp³-hybridized carbons (Fsp3) is 0.423. The number of ether oxygens (including phenoxy) is 1. The van der Waals surface area contributed by atoms with Crippen LogP contribution in [-0.2, 0) is 14.3 Å². The molecule has 2 aliphatic rings. The van der Waals surface area contributed by atoms with Crippen LogP contribution in [0.25, 0.3) is 21.1 Å². The Morgan fingerprint density at radius 3 is 2.86 bits per heavy atom. The van der Waals surface area contributed by atoms with E-state index >= 15 is 0 Å². The smallest absolute Gasteiger partial charge is 0.314 e. The SMILES string of the molecule is C[C@H]1CC[C@H](c2ccc3sc(C4CCOCC4)nc3c2)N(C(=O)C(=O)Nc2cncc3cn[nH]c23)C1. The van der Waals surface area contributed by atoms with E-state index in [1.165, 1.54) is 6.20 Å². The van der Waals surface area contributed by atoms with Crippen molar-refractivity contribution in [2.24, 2.45) is 5.92 Å². The summed E-state index contributed by atoms with van der Waals surface area (Å²) in [5, 5.41) is 11.5. The maximum Gasteiger partial charge on any atom is 0.314 e. The molecule has 0 bridgehead atoms. The van der Waals surface area contributed by atoms with Gasteiger partial charge in [-0.25, -0.2) is 4.98 Å². The summed E-state index contributed by atoms with van der Waals surface area (Å²) < 4.78 is 6.66.